The van der Waals surface area contributed by atoms with Crippen molar-refractivity contribution < 1.29 is 4.39 Å². The number of aromatic nitrogens is 4. The first-order chi connectivity index (χ1) is 13.6. The van der Waals surface area contributed by atoms with Crippen molar-refractivity contribution in [1.29, 1.82) is 0 Å². The van der Waals surface area contributed by atoms with E-state index in [9.17, 15) is 9.18 Å². The lowest BCUT2D eigenvalue weighted by molar-refractivity contribution is 0.624. The van der Waals surface area contributed by atoms with E-state index in [-0.39, 0.29) is 17.4 Å². The van der Waals surface area contributed by atoms with Crippen molar-refractivity contribution in [2.75, 3.05) is 5.32 Å². The largest absolute Gasteiger partial charge is 0.359 e. The molecule has 0 aliphatic rings. The van der Waals surface area contributed by atoms with Crippen molar-refractivity contribution in [3.63, 3.8) is 0 Å². The number of aryl methyl sites for hydroxylation is 1. The second-order valence-corrected chi connectivity index (χ2v) is 6.66. The molecule has 1 unspecified atom stereocenters. The van der Waals surface area contributed by atoms with Gasteiger partial charge in [-0.1, -0.05) is 37.3 Å². The Morgan fingerprint density at radius 1 is 1.29 bits per heavy atom. The van der Waals surface area contributed by atoms with Crippen molar-refractivity contribution >= 4 is 16.9 Å². The minimum atomic E-state index is -0.424. The molecule has 28 heavy (non-hydrogen) atoms. The van der Waals surface area contributed by atoms with Gasteiger partial charge in [-0.05, 0) is 18.1 Å². The SMILES string of the molecule is CCC(Nc1nc(-c2c[nH]c3ncc(F)cc23)cn(C)c1=O)c1ccccc1. The third kappa shape index (κ3) is 3.26. The van der Waals surface area contributed by atoms with Crippen molar-refractivity contribution in [2.45, 2.75) is 19.4 Å². The number of H-pyrrole nitrogens is 1. The van der Waals surface area contributed by atoms with Gasteiger partial charge >= 0.3 is 0 Å². The Morgan fingerprint density at radius 3 is 2.82 bits per heavy atom. The van der Waals surface area contributed by atoms with Crippen LogP contribution >= 0.6 is 0 Å². The second kappa shape index (κ2) is 7.26. The van der Waals surface area contributed by atoms with Gasteiger partial charge in [0.2, 0.25) is 0 Å². The van der Waals surface area contributed by atoms with Gasteiger partial charge in [0.1, 0.15) is 11.5 Å². The molecule has 3 heterocycles. The summed E-state index contributed by atoms with van der Waals surface area (Å²) in [6.07, 6.45) is 5.32. The highest BCUT2D eigenvalue weighted by Crippen LogP contribution is 2.27. The Balaban J connectivity index is 1.78. The lowest BCUT2D eigenvalue weighted by Crippen LogP contribution is -2.24. The molecule has 7 heteroatoms. The number of anilines is 1. The zero-order valence-electron chi connectivity index (χ0n) is 15.6. The van der Waals surface area contributed by atoms with Crippen LogP contribution in [0.1, 0.15) is 24.9 Å². The Bertz CT molecular complexity index is 1180. The highest BCUT2D eigenvalue weighted by molar-refractivity contribution is 5.92. The maximum Gasteiger partial charge on any atom is 0.293 e. The van der Waals surface area contributed by atoms with Crippen LogP contribution in [0.4, 0.5) is 10.2 Å². The average Bonchev–Trinajstić information content (AvgIpc) is 3.12. The minimum absolute atomic E-state index is 0.0428. The number of aromatic amines is 1. The molecule has 0 amide bonds. The number of pyridine rings is 1. The van der Waals surface area contributed by atoms with Crippen LogP contribution in [-0.2, 0) is 7.05 Å². The summed E-state index contributed by atoms with van der Waals surface area (Å²) in [6.45, 7) is 2.05. The van der Waals surface area contributed by atoms with E-state index in [1.54, 1.807) is 19.4 Å². The van der Waals surface area contributed by atoms with Gasteiger partial charge in [-0.3, -0.25) is 4.79 Å². The summed E-state index contributed by atoms with van der Waals surface area (Å²) in [4.78, 5) is 24.3. The number of halogens is 1. The predicted molar refractivity (Wildman–Crippen MR) is 108 cm³/mol. The van der Waals surface area contributed by atoms with Crippen LogP contribution in [0.15, 0.2) is 59.8 Å². The minimum Gasteiger partial charge on any atom is -0.359 e. The van der Waals surface area contributed by atoms with Crippen molar-refractivity contribution in [3.05, 3.63) is 76.7 Å². The first kappa shape index (κ1) is 17.9. The Hall–Kier alpha value is -3.48. The molecule has 142 valence electrons. The standard InChI is InChI=1S/C21H20FN5O/c1-3-17(13-7-5-4-6-8-13)25-20-21(28)27(2)12-18(26-20)16-11-24-19-15(16)9-14(22)10-23-19/h4-12,17H,3H2,1-2H3,(H,23,24)(H,25,26). The van der Waals surface area contributed by atoms with Crippen molar-refractivity contribution in [3.8, 4) is 11.3 Å². The number of hydrogen-bond acceptors (Lipinski definition) is 4. The molecular formula is C21H20FN5O. The maximum atomic E-state index is 13.7. The van der Waals surface area contributed by atoms with Gasteiger partial charge in [0.15, 0.2) is 5.82 Å². The van der Waals surface area contributed by atoms with Crippen molar-refractivity contribution in [1.82, 2.24) is 19.5 Å². The second-order valence-electron chi connectivity index (χ2n) is 6.66. The number of hydrogen-bond donors (Lipinski definition) is 2. The zero-order chi connectivity index (χ0) is 19.7. The van der Waals surface area contributed by atoms with E-state index in [0.29, 0.717) is 22.3 Å². The molecule has 0 bridgehead atoms. The summed E-state index contributed by atoms with van der Waals surface area (Å²) in [5, 5.41) is 3.89. The van der Waals surface area contributed by atoms with Gasteiger partial charge < -0.3 is 14.9 Å². The van der Waals surface area contributed by atoms with Gasteiger partial charge in [0.25, 0.3) is 5.56 Å². The molecule has 4 aromatic rings. The van der Waals surface area contributed by atoms with Crippen LogP contribution < -0.4 is 10.9 Å². The van der Waals surface area contributed by atoms with E-state index in [4.69, 9.17) is 0 Å². The van der Waals surface area contributed by atoms with Crippen LogP contribution in [0, 0.1) is 5.82 Å². The Labute approximate surface area is 161 Å². The fourth-order valence-corrected chi connectivity index (χ4v) is 3.29. The van der Waals surface area contributed by atoms with Gasteiger partial charge in [-0.15, -0.1) is 0 Å². The summed E-state index contributed by atoms with van der Waals surface area (Å²) in [7, 11) is 1.68. The maximum absolute atomic E-state index is 13.7. The molecule has 1 atom stereocenters. The smallest absolute Gasteiger partial charge is 0.293 e. The molecule has 2 N–H and O–H groups in total. The zero-order valence-corrected chi connectivity index (χ0v) is 15.6. The molecule has 6 nitrogen and oxygen atoms in total. The molecule has 0 fully saturated rings. The molecule has 0 saturated heterocycles. The first-order valence-electron chi connectivity index (χ1n) is 9.09. The summed E-state index contributed by atoms with van der Waals surface area (Å²) >= 11 is 0. The topological polar surface area (TPSA) is 75.6 Å². The lowest BCUT2D eigenvalue weighted by atomic mass is 10.0. The van der Waals surface area contributed by atoms with Crippen molar-refractivity contribution in [2.24, 2.45) is 7.05 Å². The Morgan fingerprint density at radius 2 is 2.07 bits per heavy atom. The molecular weight excluding hydrogens is 357 g/mol. The molecule has 4 rings (SSSR count). The van der Waals surface area contributed by atoms with Crippen LogP contribution in [-0.4, -0.2) is 19.5 Å². The fourth-order valence-electron chi connectivity index (χ4n) is 3.29. The van der Waals surface area contributed by atoms with Crippen LogP contribution in [0.5, 0.6) is 0 Å². The third-order valence-corrected chi connectivity index (χ3v) is 4.77. The van der Waals surface area contributed by atoms with Crippen LogP contribution in [0.2, 0.25) is 0 Å². The third-order valence-electron chi connectivity index (χ3n) is 4.77. The normalized spacial score (nSPS) is 12.2. The van der Waals surface area contributed by atoms with E-state index < -0.39 is 5.82 Å². The van der Waals surface area contributed by atoms with Gasteiger partial charge in [0.05, 0.1) is 17.9 Å². The van der Waals surface area contributed by atoms with Gasteiger partial charge in [-0.25, -0.2) is 14.4 Å². The van der Waals surface area contributed by atoms with Gasteiger partial charge in [0, 0.05) is 30.4 Å². The predicted octanol–water partition coefficient (Wildman–Crippen LogP) is 4.03. The molecule has 1 aromatic carbocycles. The van der Waals surface area contributed by atoms with Crippen LogP contribution in [0.3, 0.4) is 0 Å². The molecule has 0 aliphatic carbocycles. The number of nitrogens with zero attached hydrogens (tertiary/aromatic N) is 3. The van der Waals surface area contributed by atoms with E-state index >= 15 is 0 Å². The summed E-state index contributed by atoms with van der Waals surface area (Å²) in [5.41, 5.74) is 2.68. The van der Waals surface area contributed by atoms with E-state index in [1.807, 2.05) is 37.3 Å². The molecule has 3 aromatic heterocycles. The quantitative estimate of drug-likeness (QED) is 0.551. The highest BCUT2D eigenvalue weighted by Gasteiger charge is 2.16. The summed E-state index contributed by atoms with van der Waals surface area (Å²) in [5.74, 6) is -0.166. The van der Waals surface area contributed by atoms with E-state index in [1.165, 1.54) is 10.6 Å². The fraction of sp³-hybridized carbons (Fsp3) is 0.190. The highest BCUT2D eigenvalue weighted by atomic mass is 19.1. The van der Waals surface area contributed by atoms with E-state index in [2.05, 4.69) is 20.3 Å². The number of rotatable bonds is 5. The van der Waals surface area contributed by atoms with Gasteiger partial charge in [-0.2, -0.15) is 0 Å². The number of benzene rings is 1. The number of nitrogens with one attached hydrogen (secondary N) is 2. The summed E-state index contributed by atoms with van der Waals surface area (Å²) < 4.78 is 15.2. The summed E-state index contributed by atoms with van der Waals surface area (Å²) in [6, 6.07) is 11.3. The molecule has 0 saturated carbocycles. The molecule has 0 spiro atoms. The molecule has 0 radical (unpaired) electrons. The first-order valence-corrected chi connectivity index (χ1v) is 9.09. The van der Waals surface area contributed by atoms with E-state index in [0.717, 1.165) is 18.2 Å². The Kier molecular flexibility index (Phi) is 4.65. The van der Waals surface area contributed by atoms with Crippen LogP contribution in [0.25, 0.3) is 22.3 Å². The monoisotopic (exact) mass is 377 g/mol. The average molecular weight is 377 g/mol. The molecule has 0 aliphatic heterocycles. The number of fused-ring (bicyclic) bond motifs is 1. The lowest BCUT2D eigenvalue weighted by Gasteiger charge is -2.18.